The van der Waals surface area contributed by atoms with E-state index in [1.807, 2.05) is 55.7 Å². The van der Waals surface area contributed by atoms with Crippen molar-refractivity contribution in [2.75, 3.05) is 48.1 Å². The Morgan fingerprint density at radius 3 is 2.59 bits per heavy atom. The first-order valence-corrected chi connectivity index (χ1v) is 9.67. The van der Waals surface area contributed by atoms with Gasteiger partial charge in [0.25, 0.3) is 0 Å². The molecule has 0 aliphatic carbocycles. The van der Waals surface area contributed by atoms with Crippen molar-refractivity contribution in [3.63, 3.8) is 0 Å². The highest BCUT2D eigenvalue weighted by Crippen LogP contribution is 2.35. The number of fused-ring (bicyclic) bond motifs is 1. The zero-order valence-electron chi connectivity index (χ0n) is 16.2. The Hall–Kier alpha value is -3.55. The van der Waals surface area contributed by atoms with Gasteiger partial charge in [0.1, 0.15) is 11.6 Å². The van der Waals surface area contributed by atoms with Crippen LogP contribution >= 0.6 is 0 Å². The summed E-state index contributed by atoms with van der Waals surface area (Å²) >= 11 is 0. The first kappa shape index (κ1) is 17.5. The summed E-state index contributed by atoms with van der Waals surface area (Å²) in [5.74, 6) is 4.05. The second-order valence-electron chi connectivity index (χ2n) is 7.06. The van der Waals surface area contributed by atoms with Crippen molar-refractivity contribution in [1.82, 2.24) is 15.0 Å². The van der Waals surface area contributed by atoms with Gasteiger partial charge < -0.3 is 24.6 Å². The van der Waals surface area contributed by atoms with Gasteiger partial charge in [0.2, 0.25) is 12.7 Å². The number of nitrogens with zero attached hydrogens (tertiary/aromatic N) is 5. The van der Waals surface area contributed by atoms with Gasteiger partial charge in [0.05, 0.1) is 0 Å². The lowest BCUT2D eigenvalue weighted by Gasteiger charge is -2.35. The van der Waals surface area contributed by atoms with E-state index in [4.69, 9.17) is 14.5 Å². The van der Waals surface area contributed by atoms with E-state index in [-0.39, 0.29) is 6.79 Å². The third-order valence-electron chi connectivity index (χ3n) is 5.13. The molecule has 2 aliphatic rings. The second kappa shape index (κ2) is 7.46. The van der Waals surface area contributed by atoms with Crippen LogP contribution in [0.2, 0.25) is 0 Å². The van der Waals surface area contributed by atoms with E-state index in [0.717, 1.165) is 66.5 Å². The van der Waals surface area contributed by atoms with Crippen LogP contribution in [-0.4, -0.2) is 47.9 Å². The minimum absolute atomic E-state index is 0.264. The van der Waals surface area contributed by atoms with E-state index in [1.165, 1.54) is 0 Å². The van der Waals surface area contributed by atoms with Crippen LogP contribution in [0.1, 0.15) is 5.56 Å². The Bertz CT molecular complexity index is 1010. The van der Waals surface area contributed by atoms with Gasteiger partial charge in [-0.2, -0.15) is 4.98 Å². The van der Waals surface area contributed by atoms with E-state index in [0.29, 0.717) is 0 Å². The highest BCUT2D eigenvalue weighted by atomic mass is 16.7. The predicted molar refractivity (Wildman–Crippen MR) is 111 cm³/mol. The van der Waals surface area contributed by atoms with Gasteiger partial charge in [-0.25, -0.2) is 9.97 Å². The fourth-order valence-corrected chi connectivity index (χ4v) is 3.50. The molecule has 1 saturated heterocycles. The van der Waals surface area contributed by atoms with Crippen LogP contribution < -0.4 is 24.6 Å². The van der Waals surface area contributed by atoms with Gasteiger partial charge in [-0.05, 0) is 31.2 Å². The van der Waals surface area contributed by atoms with Crippen molar-refractivity contribution >= 4 is 23.3 Å². The maximum Gasteiger partial charge on any atom is 0.231 e. The van der Waals surface area contributed by atoms with Crippen LogP contribution in [0.3, 0.4) is 0 Å². The molecule has 0 atom stereocenters. The highest BCUT2D eigenvalue weighted by Gasteiger charge is 2.21. The summed E-state index contributed by atoms with van der Waals surface area (Å²) in [6.07, 6.45) is 3.70. The predicted octanol–water partition coefficient (Wildman–Crippen LogP) is 2.98. The quantitative estimate of drug-likeness (QED) is 0.729. The number of pyridine rings is 1. The Labute approximate surface area is 169 Å². The molecule has 2 aromatic heterocycles. The average Bonchev–Trinajstić information content (AvgIpc) is 3.24. The minimum atomic E-state index is 0.264. The van der Waals surface area contributed by atoms with Gasteiger partial charge in [0, 0.05) is 55.9 Å². The molecule has 4 heterocycles. The molecule has 0 radical (unpaired) electrons. The molecule has 1 N–H and O–H groups in total. The van der Waals surface area contributed by atoms with E-state index < -0.39 is 0 Å². The Morgan fingerprint density at radius 1 is 0.931 bits per heavy atom. The summed E-state index contributed by atoms with van der Waals surface area (Å²) < 4.78 is 10.8. The number of anilines is 4. The van der Waals surface area contributed by atoms with Gasteiger partial charge in [-0.1, -0.05) is 6.07 Å². The summed E-state index contributed by atoms with van der Waals surface area (Å²) in [6, 6.07) is 11.8. The number of aromatic nitrogens is 3. The van der Waals surface area contributed by atoms with Crippen molar-refractivity contribution in [3.8, 4) is 11.5 Å². The van der Waals surface area contributed by atoms with Crippen molar-refractivity contribution in [1.29, 1.82) is 0 Å². The molecule has 1 aromatic carbocycles. The van der Waals surface area contributed by atoms with E-state index in [2.05, 4.69) is 25.1 Å². The number of rotatable bonds is 4. The largest absolute Gasteiger partial charge is 0.454 e. The number of benzene rings is 1. The zero-order chi connectivity index (χ0) is 19.6. The number of aryl methyl sites for hydroxylation is 1. The van der Waals surface area contributed by atoms with Gasteiger partial charge >= 0.3 is 0 Å². The Kier molecular flexibility index (Phi) is 4.51. The van der Waals surface area contributed by atoms with Crippen molar-refractivity contribution in [2.45, 2.75) is 6.92 Å². The SMILES string of the molecule is Cc1cnc(N2CCN(c3ccccn3)CC2)nc1Nc1ccc2c(c1)OCO2. The van der Waals surface area contributed by atoms with Gasteiger partial charge in [-0.15, -0.1) is 0 Å². The molecule has 3 aromatic rings. The van der Waals surface area contributed by atoms with Crippen LogP contribution in [0.5, 0.6) is 11.5 Å². The molecule has 0 amide bonds. The fourth-order valence-electron chi connectivity index (χ4n) is 3.50. The third-order valence-corrected chi connectivity index (χ3v) is 5.13. The maximum atomic E-state index is 5.46. The molecule has 0 unspecified atom stereocenters. The second-order valence-corrected chi connectivity index (χ2v) is 7.06. The summed E-state index contributed by atoms with van der Waals surface area (Å²) in [5, 5.41) is 3.38. The monoisotopic (exact) mass is 390 g/mol. The van der Waals surface area contributed by atoms with Crippen molar-refractivity contribution in [3.05, 3.63) is 54.4 Å². The van der Waals surface area contributed by atoms with Crippen LogP contribution in [0.15, 0.2) is 48.8 Å². The lowest BCUT2D eigenvalue weighted by atomic mass is 10.2. The molecular weight excluding hydrogens is 368 g/mol. The molecule has 8 heteroatoms. The molecule has 8 nitrogen and oxygen atoms in total. The summed E-state index contributed by atoms with van der Waals surface area (Å²) in [7, 11) is 0. The smallest absolute Gasteiger partial charge is 0.231 e. The fraction of sp³-hybridized carbons (Fsp3) is 0.286. The zero-order valence-corrected chi connectivity index (χ0v) is 16.2. The Balaban J connectivity index is 1.30. The molecule has 0 saturated carbocycles. The lowest BCUT2D eigenvalue weighted by molar-refractivity contribution is 0.174. The molecular formula is C21H22N6O2. The van der Waals surface area contributed by atoms with E-state index >= 15 is 0 Å². The minimum Gasteiger partial charge on any atom is -0.454 e. The molecule has 1 fully saturated rings. The topological polar surface area (TPSA) is 75.6 Å². The molecule has 29 heavy (non-hydrogen) atoms. The highest BCUT2D eigenvalue weighted by molar-refractivity contribution is 5.64. The lowest BCUT2D eigenvalue weighted by Crippen LogP contribution is -2.47. The number of ether oxygens (including phenoxy) is 2. The van der Waals surface area contributed by atoms with Gasteiger partial charge in [-0.3, -0.25) is 0 Å². The molecule has 0 spiro atoms. The number of nitrogens with one attached hydrogen (secondary N) is 1. The molecule has 2 aliphatic heterocycles. The maximum absolute atomic E-state index is 5.46. The molecule has 0 bridgehead atoms. The van der Waals surface area contributed by atoms with Crippen LogP contribution in [0.4, 0.5) is 23.3 Å². The summed E-state index contributed by atoms with van der Waals surface area (Å²) in [6.45, 7) is 5.74. The molecule has 148 valence electrons. The summed E-state index contributed by atoms with van der Waals surface area (Å²) in [4.78, 5) is 18.3. The molecule has 5 rings (SSSR count). The number of hydrogen-bond donors (Lipinski definition) is 1. The normalized spacial score (nSPS) is 15.5. The summed E-state index contributed by atoms with van der Waals surface area (Å²) in [5.41, 5.74) is 1.89. The van der Waals surface area contributed by atoms with Crippen LogP contribution in [-0.2, 0) is 0 Å². The average molecular weight is 390 g/mol. The van der Waals surface area contributed by atoms with E-state index in [1.54, 1.807) is 0 Å². The number of hydrogen-bond acceptors (Lipinski definition) is 8. The van der Waals surface area contributed by atoms with Crippen molar-refractivity contribution in [2.24, 2.45) is 0 Å². The number of piperazine rings is 1. The van der Waals surface area contributed by atoms with Crippen molar-refractivity contribution < 1.29 is 9.47 Å². The first-order valence-electron chi connectivity index (χ1n) is 9.67. The van der Waals surface area contributed by atoms with Gasteiger partial charge in [0.15, 0.2) is 11.5 Å². The third kappa shape index (κ3) is 3.61. The van der Waals surface area contributed by atoms with E-state index in [9.17, 15) is 0 Å². The van der Waals surface area contributed by atoms with Crippen LogP contribution in [0.25, 0.3) is 0 Å². The Morgan fingerprint density at radius 2 is 1.76 bits per heavy atom. The van der Waals surface area contributed by atoms with Crippen LogP contribution in [0, 0.1) is 6.92 Å². The first-order chi connectivity index (χ1) is 14.3. The standard InChI is InChI=1S/C21H22N6O2/c1-15-13-23-21(27-10-8-26(9-11-27)19-4-2-3-7-22-19)25-20(15)24-16-5-6-17-18(12-16)29-14-28-17/h2-7,12-13H,8-11,14H2,1H3,(H,23,24,25).